The molecule has 0 N–H and O–H groups in total. The van der Waals surface area contributed by atoms with Gasteiger partial charge in [-0.15, -0.1) is 0 Å². The van der Waals surface area contributed by atoms with Gasteiger partial charge in [0.1, 0.15) is 0 Å². The van der Waals surface area contributed by atoms with Crippen LogP contribution in [0.4, 0.5) is 0 Å². The Balaban J connectivity index is 0. The van der Waals surface area contributed by atoms with E-state index in [1.165, 1.54) is 0 Å². The van der Waals surface area contributed by atoms with Crippen molar-refractivity contribution >= 4 is 0 Å². The van der Waals surface area contributed by atoms with E-state index in [4.69, 9.17) is 0 Å². The minimum absolute atomic E-state index is 0. The van der Waals surface area contributed by atoms with Crippen molar-refractivity contribution in [1.29, 1.82) is 0 Å². The van der Waals surface area contributed by atoms with E-state index >= 15 is 0 Å². The number of rotatable bonds is 0. The van der Waals surface area contributed by atoms with Gasteiger partial charge >= 0.3 is 135 Å². The van der Waals surface area contributed by atoms with Crippen molar-refractivity contribution in [2.24, 2.45) is 0 Å². The fourth-order valence-electron chi connectivity index (χ4n) is 0. The van der Waals surface area contributed by atoms with Crippen LogP contribution in [0.3, 0.4) is 0 Å². The summed E-state index contributed by atoms with van der Waals surface area (Å²) in [5, 5.41) is 0. The first-order valence-corrected chi connectivity index (χ1v) is 0. The van der Waals surface area contributed by atoms with Gasteiger partial charge in [0.15, 0.2) is 0 Å². The molecule has 0 atom stereocenters. The van der Waals surface area contributed by atoms with Crippen molar-refractivity contribution in [3.63, 3.8) is 0 Å². The van der Waals surface area contributed by atoms with Gasteiger partial charge in [-0.25, -0.2) is 0 Å². The molecule has 0 aliphatic heterocycles. The summed E-state index contributed by atoms with van der Waals surface area (Å²) in [7, 11) is 0. The van der Waals surface area contributed by atoms with Gasteiger partial charge < -0.3 is 5.48 Å². The summed E-state index contributed by atoms with van der Waals surface area (Å²) in [5.41, 5.74) is 0. The first-order valence-electron chi connectivity index (χ1n) is 0. The predicted octanol–water partition coefficient (Wildman–Crippen LogP) is -0.121. The molecule has 0 saturated heterocycles. The Kier molecular flexibility index (Phi) is 163. The van der Waals surface area contributed by atoms with Crippen molar-refractivity contribution in [2.45, 2.75) is 0 Å². The molecule has 0 aromatic rings. The van der Waals surface area contributed by atoms with Gasteiger partial charge in [0.25, 0.3) is 0 Å². The van der Waals surface area contributed by atoms with Crippen LogP contribution in [0.2, 0.25) is 0 Å². The summed E-state index contributed by atoms with van der Waals surface area (Å²) in [5.74, 6) is 0. The largest absolute Gasteiger partial charge is 3.00 e. The van der Waals surface area contributed by atoms with Crippen LogP contribution in [0.15, 0.2) is 0 Å². The maximum Gasteiger partial charge on any atom is 3.00 e. The van der Waals surface area contributed by atoms with E-state index in [2.05, 4.69) is 0 Å². The van der Waals surface area contributed by atoms with E-state index in [0.29, 0.717) is 0 Å². The summed E-state index contributed by atoms with van der Waals surface area (Å²) in [6, 6.07) is 0. The standard InChI is InChI=1S/Ce.La.Mn.Nd.O/q2*+3;+2;+3;-2. The average Bonchev–Trinajstić information content (AvgIpc) is 0. The molecule has 1 nitrogen and oxygen atoms in total. The van der Waals surface area contributed by atoms with Crippen molar-refractivity contribution in [3.05, 3.63) is 0 Å². The maximum absolute atomic E-state index is 0. The molecule has 0 rings (SSSR count). The number of hydrogen-bond donors (Lipinski definition) is 0. The summed E-state index contributed by atoms with van der Waals surface area (Å²) >= 11 is 0. The Labute approximate surface area is 136 Å². The normalized spacial score (nSPS) is 0. The monoisotopic (exact) mass is 492 g/mol. The third-order valence-corrected chi connectivity index (χ3v) is 0. The molecule has 0 fully saturated rings. The quantitative estimate of drug-likeness (QED) is 0.421. The minimum atomic E-state index is 0. The molecule has 0 bridgehead atoms. The van der Waals surface area contributed by atoms with Crippen molar-refractivity contribution < 1.29 is 141 Å². The molecule has 0 heterocycles. The van der Waals surface area contributed by atoms with Gasteiger partial charge in [-0.1, -0.05) is 0 Å². The zero-order valence-electron chi connectivity index (χ0n) is 2.36. The van der Waals surface area contributed by atoms with E-state index in [0.717, 1.165) is 0 Å². The second-order valence-electron chi connectivity index (χ2n) is 0. The third-order valence-electron chi connectivity index (χ3n) is 0. The van der Waals surface area contributed by atoms with Crippen LogP contribution in [-0.2, 0) is 22.5 Å². The smallest absolute Gasteiger partial charge is 2.00 e. The molecule has 0 spiro atoms. The zero-order chi connectivity index (χ0) is 0. The molecule has 0 aromatic carbocycles. The van der Waals surface area contributed by atoms with E-state index < -0.39 is 0 Å². The van der Waals surface area contributed by atoms with E-state index in [1.54, 1.807) is 0 Å². The molecule has 3 radical (unpaired) electrons. The SMILES string of the molecule is [Ce+3].[La+3].[Mn+2].[Nd+3].[O-2]. The van der Waals surface area contributed by atoms with Crippen LogP contribution >= 0.6 is 0 Å². The van der Waals surface area contributed by atoms with E-state index in [-0.39, 0.29) is 141 Å². The average molecular weight is 494 g/mol. The van der Waals surface area contributed by atoms with Crippen molar-refractivity contribution in [2.75, 3.05) is 0 Å². The van der Waals surface area contributed by atoms with Gasteiger partial charge in [0, 0.05) is 0 Å². The van der Waals surface area contributed by atoms with Crippen molar-refractivity contribution in [1.82, 2.24) is 0 Å². The van der Waals surface area contributed by atoms with Crippen LogP contribution in [0.5, 0.6) is 0 Å². The molecule has 0 amide bonds. The molecule has 5 heteroatoms. The van der Waals surface area contributed by atoms with Crippen LogP contribution in [0.25, 0.3) is 0 Å². The third kappa shape index (κ3) is 17.8. The maximum atomic E-state index is 0. The molecular weight excluding hydrogens is 494 g/mol. The molecule has 0 unspecified atom stereocenters. The fraction of sp³-hybridized carbons (Fsp3) is 0. The van der Waals surface area contributed by atoms with Gasteiger partial charge in [-0.3, -0.25) is 0 Å². The van der Waals surface area contributed by atoms with Crippen LogP contribution in [-0.4, -0.2) is 0 Å². The number of hydrogen-bond acceptors (Lipinski definition) is 0. The van der Waals surface area contributed by atoms with Crippen molar-refractivity contribution in [3.8, 4) is 0 Å². The van der Waals surface area contributed by atoms with E-state index in [1.807, 2.05) is 0 Å². The van der Waals surface area contributed by atoms with E-state index in [9.17, 15) is 0 Å². The second-order valence-corrected chi connectivity index (χ2v) is 0. The molecule has 0 aromatic heterocycles. The summed E-state index contributed by atoms with van der Waals surface area (Å²) in [4.78, 5) is 0. The summed E-state index contributed by atoms with van der Waals surface area (Å²) < 4.78 is 0. The first-order chi connectivity index (χ1) is 0. The summed E-state index contributed by atoms with van der Waals surface area (Å²) in [6.45, 7) is 0. The zero-order valence-corrected chi connectivity index (χ0v) is 13.5. The molecule has 5 heavy (non-hydrogen) atoms. The molecule has 0 aliphatic carbocycles. The van der Waals surface area contributed by atoms with Crippen LogP contribution in [0.1, 0.15) is 0 Å². The van der Waals surface area contributed by atoms with Crippen LogP contribution < -0.4 is 0 Å². The molecule has 0 aliphatic rings. The Morgan fingerprint density at radius 1 is 1.00 bits per heavy atom. The Hall–Kier alpha value is 4.40. The molecular formula is CeLaMnNdO+9. The summed E-state index contributed by atoms with van der Waals surface area (Å²) in [6.07, 6.45) is 0. The molecule has 0 saturated carbocycles. The topological polar surface area (TPSA) is 28.5 Å². The molecule has 15 valence electrons. The fourth-order valence-corrected chi connectivity index (χ4v) is 0. The Morgan fingerprint density at radius 3 is 1.00 bits per heavy atom. The predicted molar refractivity (Wildman–Crippen MR) is 0.686 cm³/mol. The van der Waals surface area contributed by atoms with Gasteiger partial charge in [-0.05, 0) is 0 Å². The second kappa shape index (κ2) is 23.8. The van der Waals surface area contributed by atoms with Gasteiger partial charge in [-0.2, -0.15) is 0 Å². The Bertz CT molecular complexity index is 11.6. The van der Waals surface area contributed by atoms with Crippen LogP contribution in [0, 0.1) is 118 Å². The van der Waals surface area contributed by atoms with Gasteiger partial charge in [0.2, 0.25) is 0 Å². The first kappa shape index (κ1) is 34.3. The minimum Gasteiger partial charge on any atom is -2.00 e. The van der Waals surface area contributed by atoms with Gasteiger partial charge in [0.05, 0.1) is 0 Å². The Morgan fingerprint density at radius 2 is 1.00 bits per heavy atom.